The Kier molecular flexibility index (Phi) is 8.70. The molecule has 4 rings (SSSR count). The topological polar surface area (TPSA) is 88.9 Å². The molecule has 0 saturated carbocycles. The van der Waals surface area contributed by atoms with Crippen molar-refractivity contribution in [3.63, 3.8) is 0 Å². The van der Waals surface area contributed by atoms with Gasteiger partial charge in [-0.05, 0) is 66.5 Å². The summed E-state index contributed by atoms with van der Waals surface area (Å²) >= 11 is 6.23. The van der Waals surface area contributed by atoms with Crippen LogP contribution in [-0.4, -0.2) is 37.5 Å². The summed E-state index contributed by atoms with van der Waals surface area (Å²) in [6, 6.07) is 22.0. The molecule has 39 heavy (non-hydrogen) atoms. The van der Waals surface area contributed by atoms with Crippen molar-refractivity contribution in [2.45, 2.75) is 20.0 Å². The van der Waals surface area contributed by atoms with Gasteiger partial charge < -0.3 is 14.2 Å². The van der Waals surface area contributed by atoms with E-state index in [4.69, 9.17) is 25.8 Å². The molecule has 2 amide bonds. The van der Waals surface area contributed by atoms with Gasteiger partial charge in [-0.2, -0.15) is 5.26 Å². The molecule has 0 saturated heterocycles. The second-order valence-corrected chi connectivity index (χ2v) is 9.23. The zero-order chi connectivity index (χ0) is 27.9. The van der Waals surface area contributed by atoms with Crippen LogP contribution >= 0.6 is 11.6 Å². The smallest absolute Gasteiger partial charge is 0.271 e. The van der Waals surface area contributed by atoms with Crippen LogP contribution in [0.1, 0.15) is 23.6 Å². The quantitative estimate of drug-likeness (QED) is 0.252. The summed E-state index contributed by atoms with van der Waals surface area (Å²) in [6.07, 6.45) is 2.10. The molecule has 0 atom stereocenters. The number of methoxy groups -OCH3 is 2. The van der Waals surface area contributed by atoms with E-state index in [0.717, 1.165) is 21.8 Å². The molecule has 0 radical (unpaired) electrons. The molecule has 0 N–H and O–H groups in total. The minimum absolute atomic E-state index is 0.0535. The van der Waals surface area contributed by atoms with Gasteiger partial charge in [0.2, 0.25) is 0 Å². The number of nitriles is 1. The fraction of sp³-hybridized carbons (Fsp3) is 0.194. The fourth-order valence-corrected chi connectivity index (χ4v) is 4.39. The minimum atomic E-state index is -0.591. The SMILES string of the molecule is COc1ccc(CCN2C(=O)C(C#N)=C(C)/C(=C\c3ccc(OCc4ccccc4Cl)c(OC)c3)C2=O)cc1. The molecule has 0 bridgehead atoms. The zero-order valence-electron chi connectivity index (χ0n) is 21.9. The van der Waals surface area contributed by atoms with Gasteiger partial charge in [-0.3, -0.25) is 14.5 Å². The number of benzene rings is 3. The second kappa shape index (κ2) is 12.3. The van der Waals surface area contributed by atoms with E-state index in [2.05, 4.69) is 0 Å². The molecule has 8 heteroatoms. The Balaban J connectivity index is 1.58. The molecule has 1 aliphatic rings. The third-order valence-electron chi connectivity index (χ3n) is 6.45. The summed E-state index contributed by atoms with van der Waals surface area (Å²) in [5.74, 6) is 0.648. The van der Waals surface area contributed by atoms with Crippen molar-refractivity contribution in [1.29, 1.82) is 5.26 Å². The summed E-state index contributed by atoms with van der Waals surface area (Å²) in [7, 11) is 3.11. The van der Waals surface area contributed by atoms with Crippen LogP contribution in [0.3, 0.4) is 0 Å². The van der Waals surface area contributed by atoms with E-state index < -0.39 is 11.8 Å². The van der Waals surface area contributed by atoms with Crippen molar-refractivity contribution in [1.82, 2.24) is 4.90 Å². The fourth-order valence-electron chi connectivity index (χ4n) is 4.20. The maximum Gasteiger partial charge on any atom is 0.271 e. The maximum atomic E-state index is 13.5. The third kappa shape index (κ3) is 6.14. The van der Waals surface area contributed by atoms with Crippen molar-refractivity contribution < 1.29 is 23.8 Å². The number of ether oxygens (including phenoxy) is 3. The Bertz CT molecular complexity index is 1500. The van der Waals surface area contributed by atoms with Crippen LogP contribution in [0.4, 0.5) is 0 Å². The summed E-state index contributed by atoms with van der Waals surface area (Å²) in [6.45, 7) is 2.00. The Morgan fingerprint density at radius 1 is 0.949 bits per heavy atom. The first-order valence-corrected chi connectivity index (χ1v) is 12.6. The lowest BCUT2D eigenvalue weighted by Crippen LogP contribution is -2.43. The standard InChI is InChI=1S/C31H27ClN2O5/c1-20-25(16-22-10-13-28(29(17-22)38-3)39-19-23-6-4-5-7-27(23)32)30(35)34(31(36)26(20)18-33)15-14-21-8-11-24(37-2)12-9-21/h4-13,16-17H,14-15,19H2,1-3H3/b25-16+. The molecule has 3 aromatic carbocycles. The Morgan fingerprint density at radius 2 is 1.69 bits per heavy atom. The van der Waals surface area contributed by atoms with E-state index >= 15 is 0 Å². The van der Waals surface area contributed by atoms with Crippen LogP contribution in [0, 0.1) is 11.3 Å². The summed E-state index contributed by atoms with van der Waals surface area (Å²) in [5.41, 5.74) is 2.98. The molecule has 1 heterocycles. The number of carbonyl (C=O) groups is 2. The lowest BCUT2D eigenvalue weighted by molar-refractivity contribution is -0.140. The monoisotopic (exact) mass is 542 g/mol. The van der Waals surface area contributed by atoms with E-state index in [9.17, 15) is 14.9 Å². The minimum Gasteiger partial charge on any atom is -0.497 e. The molecule has 0 aromatic heterocycles. The zero-order valence-corrected chi connectivity index (χ0v) is 22.6. The largest absolute Gasteiger partial charge is 0.497 e. The number of carbonyl (C=O) groups excluding carboxylic acids is 2. The van der Waals surface area contributed by atoms with Gasteiger partial charge in [0.1, 0.15) is 24.0 Å². The van der Waals surface area contributed by atoms with Crippen molar-refractivity contribution >= 4 is 29.5 Å². The Hall–Kier alpha value is -4.54. The Morgan fingerprint density at radius 3 is 2.36 bits per heavy atom. The predicted molar refractivity (Wildman–Crippen MR) is 148 cm³/mol. The van der Waals surface area contributed by atoms with E-state index in [0.29, 0.717) is 34.1 Å². The number of hydrogen-bond donors (Lipinski definition) is 0. The molecule has 0 aliphatic carbocycles. The molecular formula is C31H27ClN2O5. The number of halogens is 1. The van der Waals surface area contributed by atoms with Gasteiger partial charge in [-0.1, -0.05) is 48.0 Å². The lowest BCUT2D eigenvalue weighted by atomic mass is 9.93. The highest BCUT2D eigenvalue weighted by Crippen LogP contribution is 2.32. The van der Waals surface area contributed by atoms with Crippen LogP contribution in [0.2, 0.25) is 5.02 Å². The number of nitrogens with zero attached hydrogens (tertiary/aromatic N) is 2. The van der Waals surface area contributed by atoms with E-state index in [1.165, 1.54) is 7.11 Å². The van der Waals surface area contributed by atoms with Crippen LogP contribution in [-0.2, 0) is 22.6 Å². The van der Waals surface area contributed by atoms with E-state index in [1.54, 1.807) is 44.4 Å². The predicted octanol–water partition coefficient (Wildman–Crippen LogP) is 5.77. The van der Waals surface area contributed by atoms with Crippen molar-refractivity contribution in [3.8, 4) is 23.3 Å². The second-order valence-electron chi connectivity index (χ2n) is 8.82. The van der Waals surface area contributed by atoms with Crippen molar-refractivity contribution in [2.24, 2.45) is 0 Å². The number of amides is 2. The highest BCUT2D eigenvalue weighted by molar-refractivity contribution is 6.31. The van der Waals surface area contributed by atoms with Gasteiger partial charge in [0.15, 0.2) is 11.5 Å². The maximum absolute atomic E-state index is 13.5. The van der Waals surface area contributed by atoms with Gasteiger partial charge in [0.25, 0.3) is 11.8 Å². The van der Waals surface area contributed by atoms with Gasteiger partial charge >= 0.3 is 0 Å². The van der Waals surface area contributed by atoms with Crippen molar-refractivity contribution in [2.75, 3.05) is 20.8 Å². The average Bonchev–Trinajstić information content (AvgIpc) is 2.95. The number of imide groups is 1. The molecule has 1 aliphatic heterocycles. The molecule has 7 nitrogen and oxygen atoms in total. The van der Waals surface area contributed by atoms with Crippen LogP contribution < -0.4 is 14.2 Å². The molecule has 3 aromatic rings. The Labute approximate surface area is 232 Å². The summed E-state index contributed by atoms with van der Waals surface area (Å²) in [5, 5.41) is 10.3. The summed E-state index contributed by atoms with van der Waals surface area (Å²) < 4.78 is 16.6. The molecule has 198 valence electrons. The molecule has 0 unspecified atom stereocenters. The van der Waals surface area contributed by atoms with Crippen LogP contribution in [0.5, 0.6) is 17.2 Å². The number of rotatable bonds is 9. The van der Waals surface area contributed by atoms with Gasteiger partial charge in [-0.25, -0.2) is 0 Å². The molecular weight excluding hydrogens is 516 g/mol. The van der Waals surface area contributed by atoms with Crippen LogP contribution in [0.25, 0.3) is 6.08 Å². The van der Waals surface area contributed by atoms with Gasteiger partial charge in [-0.15, -0.1) is 0 Å². The number of hydrogen-bond acceptors (Lipinski definition) is 6. The van der Waals surface area contributed by atoms with Gasteiger partial charge in [0, 0.05) is 22.7 Å². The van der Waals surface area contributed by atoms with Gasteiger partial charge in [0.05, 0.1) is 14.2 Å². The van der Waals surface area contributed by atoms with E-state index in [1.807, 2.05) is 48.5 Å². The highest BCUT2D eigenvalue weighted by atomic mass is 35.5. The first-order valence-electron chi connectivity index (χ1n) is 12.2. The van der Waals surface area contributed by atoms with Crippen molar-refractivity contribution in [3.05, 3.63) is 105 Å². The lowest BCUT2D eigenvalue weighted by Gasteiger charge is -2.27. The van der Waals surface area contributed by atoms with E-state index in [-0.39, 0.29) is 24.3 Å². The first kappa shape index (κ1) is 27.5. The highest BCUT2D eigenvalue weighted by Gasteiger charge is 2.35. The molecule has 0 spiro atoms. The first-order chi connectivity index (χ1) is 18.9. The third-order valence-corrected chi connectivity index (χ3v) is 6.82. The summed E-state index contributed by atoms with van der Waals surface area (Å²) in [4.78, 5) is 27.6. The normalized spacial score (nSPS) is 14.4. The van der Waals surface area contributed by atoms with Crippen LogP contribution in [0.15, 0.2) is 83.4 Å². The average molecular weight is 543 g/mol. The molecule has 0 fully saturated rings.